The number of hydrogen-bond acceptors (Lipinski definition) is 1. The van der Waals surface area contributed by atoms with E-state index in [-0.39, 0.29) is 0 Å². The molecule has 0 spiro atoms. The highest BCUT2D eigenvalue weighted by molar-refractivity contribution is 9.11. The molecule has 0 amide bonds. The lowest BCUT2D eigenvalue weighted by molar-refractivity contribution is 1.32. The van der Waals surface area contributed by atoms with Crippen LogP contribution in [0.25, 0.3) is 22.3 Å². The maximum absolute atomic E-state index is 6.31. The Hall–Kier alpha value is -0.870. The van der Waals surface area contributed by atoms with Crippen molar-refractivity contribution >= 4 is 55.1 Å². The number of halogens is 4. The average molecular weight is 458 g/mol. The van der Waals surface area contributed by atoms with Crippen molar-refractivity contribution in [3.63, 3.8) is 0 Å². The Morgan fingerprint density at radius 1 is 0.636 bits per heavy atom. The van der Waals surface area contributed by atoms with Gasteiger partial charge in [0.2, 0.25) is 0 Å². The summed E-state index contributed by atoms with van der Waals surface area (Å²) in [6.07, 6.45) is 0. The third kappa shape index (κ3) is 3.09. The summed E-state index contributed by atoms with van der Waals surface area (Å²) in [6.45, 7) is 0. The van der Waals surface area contributed by atoms with Gasteiger partial charge in [-0.15, -0.1) is 0 Å². The van der Waals surface area contributed by atoms with E-state index in [4.69, 9.17) is 23.2 Å². The van der Waals surface area contributed by atoms with Gasteiger partial charge in [-0.25, -0.2) is 4.98 Å². The van der Waals surface area contributed by atoms with Crippen molar-refractivity contribution in [3.8, 4) is 22.3 Å². The van der Waals surface area contributed by atoms with Crippen molar-refractivity contribution < 1.29 is 0 Å². The van der Waals surface area contributed by atoms with E-state index < -0.39 is 0 Å². The van der Waals surface area contributed by atoms with Crippen LogP contribution >= 0.6 is 55.1 Å². The molecule has 0 aliphatic carbocycles. The largest absolute Gasteiger partial charge is 0.223 e. The van der Waals surface area contributed by atoms with Crippen molar-refractivity contribution in [2.24, 2.45) is 0 Å². The number of pyridine rings is 1. The monoisotopic (exact) mass is 455 g/mol. The molecule has 110 valence electrons. The predicted molar refractivity (Wildman–Crippen MR) is 101 cm³/mol. The Bertz CT molecular complexity index is 783. The topological polar surface area (TPSA) is 12.9 Å². The summed E-state index contributed by atoms with van der Waals surface area (Å²) < 4.78 is 1.91. The molecule has 0 aliphatic heterocycles. The summed E-state index contributed by atoms with van der Waals surface area (Å²) in [7, 11) is 0. The minimum absolute atomic E-state index is 0.382. The Morgan fingerprint density at radius 2 is 1.05 bits per heavy atom. The highest BCUT2D eigenvalue weighted by Gasteiger charge is 2.15. The SMILES string of the molecule is Clc1nc(Cl)c(-c2ccccc2Br)cc1-c1ccccc1Br. The van der Waals surface area contributed by atoms with Crippen LogP contribution in [0.4, 0.5) is 0 Å². The zero-order valence-corrected chi connectivity index (χ0v) is 15.8. The van der Waals surface area contributed by atoms with Gasteiger partial charge in [-0.1, -0.05) is 91.5 Å². The molecule has 22 heavy (non-hydrogen) atoms. The van der Waals surface area contributed by atoms with Crippen molar-refractivity contribution in [2.75, 3.05) is 0 Å². The third-order valence-corrected chi connectivity index (χ3v) is 5.22. The molecule has 0 unspecified atom stereocenters. The van der Waals surface area contributed by atoms with Crippen molar-refractivity contribution in [2.45, 2.75) is 0 Å². The highest BCUT2D eigenvalue weighted by Crippen LogP contribution is 2.39. The number of rotatable bonds is 2. The van der Waals surface area contributed by atoms with Crippen LogP contribution in [0.2, 0.25) is 10.3 Å². The number of benzene rings is 2. The van der Waals surface area contributed by atoms with Crippen molar-refractivity contribution in [3.05, 3.63) is 73.8 Å². The van der Waals surface area contributed by atoms with E-state index in [1.165, 1.54) is 0 Å². The molecule has 0 atom stereocenters. The lowest BCUT2D eigenvalue weighted by atomic mass is 10.0. The molecule has 3 aromatic rings. The molecule has 1 heterocycles. The van der Waals surface area contributed by atoms with Crippen LogP contribution in [0.1, 0.15) is 0 Å². The quantitative estimate of drug-likeness (QED) is 0.369. The molecule has 1 aromatic heterocycles. The lowest BCUT2D eigenvalue weighted by Crippen LogP contribution is -1.90. The molecule has 0 saturated carbocycles. The minimum atomic E-state index is 0.382. The van der Waals surface area contributed by atoms with Crippen LogP contribution in [0.5, 0.6) is 0 Å². The molecule has 0 bridgehead atoms. The fraction of sp³-hybridized carbons (Fsp3) is 0. The van der Waals surface area contributed by atoms with Gasteiger partial charge in [0.15, 0.2) is 0 Å². The third-order valence-electron chi connectivity index (χ3n) is 3.26. The van der Waals surface area contributed by atoms with Gasteiger partial charge in [-0.2, -0.15) is 0 Å². The van der Waals surface area contributed by atoms with Gasteiger partial charge in [0, 0.05) is 20.1 Å². The van der Waals surface area contributed by atoms with Gasteiger partial charge in [0.25, 0.3) is 0 Å². The van der Waals surface area contributed by atoms with Crippen LogP contribution in [0, 0.1) is 0 Å². The van der Waals surface area contributed by atoms with Gasteiger partial charge in [-0.05, 0) is 29.3 Å². The summed E-state index contributed by atoms with van der Waals surface area (Å²) in [5, 5.41) is 0.764. The first-order valence-corrected chi connectivity index (χ1v) is 8.78. The summed E-state index contributed by atoms with van der Waals surface area (Å²) in [5.41, 5.74) is 3.63. The van der Waals surface area contributed by atoms with E-state index in [0.717, 1.165) is 31.2 Å². The van der Waals surface area contributed by atoms with Gasteiger partial charge >= 0.3 is 0 Å². The van der Waals surface area contributed by atoms with E-state index in [0.29, 0.717) is 10.3 Å². The molecule has 3 rings (SSSR count). The fourth-order valence-corrected chi connectivity index (χ4v) is 3.73. The highest BCUT2D eigenvalue weighted by atomic mass is 79.9. The van der Waals surface area contributed by atoms with Crippen LogP contribution < -0.4 is 0 Å². The lowest BCUT2D eigenvalue weighted by Gasteiger charge is -2.12. The van der Waals surface area contributed by atoms with E-state index in [2.05, 4.69) is 36.8 Å². The van der Waals surface area contributed by atoms with Crippen molar-refractivity contribution in [1.29, 1.82) is 0 Å². The Morgan fingerprint density at radius 3 is 1.45 bits per heavy atom. The van der Waals surface area contributed by atoms with Crippen LogP contribution in [-0.4, -0.2) is 4.98 Å². The number of hydrogen-bond donors (Lipinski definition) is 0. The first-order valence-electron chi connectivity index (χ1n) is 6.44. The van der Waals surface area contributed by atoms with Crippen molar-refractivity contribution in [1.82, 2.24) is 4.98 Å². The first-order chi connectivity index (χ1) is 10.6. The number of nitrogens with zero attached hydrogens (tertiary/aromatic N) is 1. The molecule has 0 aliphatic rings. The van der Waals surface area contributed by atoms with Gasteiger partial charge in [0.1, 0.15) is 10.3 Å². The van der Waals surface area contributed by atoms with E-state index in [1.54, 1.807) is 0 Å². The van der Waals surface area contributed by atoms with E-state index in [9.17, 15) is 0 Å². The van der Waals surface area contributed by atoms with Gasteiger partial charge in [0.05, 0.1) is 0 Å². The van der Waals surface area contributed by atoms with E-state index >= 15 is 0 Å². The van der Waals surface area contributed by atoms with Gasteiger partial charge in [-0.3, -0.25) is 0 Å². The summed E-state index contributed by atoms with van der Waals surface area (Å²) in [6, 6.07) is 17.7. The molecular formula is C17H9Br2Cl2N. The molecule has 1 nitrogen and oxygen atoms in total. The predicted octanol–water partition coefficient (Wildman–Crippen LogP) is 7.25. The Balaban J connectivity index is 2.25. The van der Waals surface area contributed by atoms with Crippen LogP contribution in [-0.2, 0) is 0 Å². The zero-order chi connectivity index (χ0) is 15.7. The summed E-state index contributed by atoms with van der Waals surface area (Å²) >= 11 is 19.7. The van der Waals surface area contributed by atoms with Gasteiger partial charge < -0.3 is 0 Å². The molecule has 5 heteroatoms. The normalized spacial score (nSPS) is 10.7. The number of aromatic nitrogens is 1. The second-order valence-corrected chi connectivity index (χ2v) is 7.05. The average Bonchev–Trinajstić information content (AvgIpc) is 2.50. The molecule has 0 N–H and O–H groups in total. The van der Waals surface area contributed by atoms with E-state index in [1.807, 2.05) is 54.6 Å². The zero-order valence-electron chi connectivity index (χ0n) is 11.2. The molecule has 0 saturated heterocycles. The minimum Gasteiger partial charge on any atom is -0.223 e. The maximum atomic E-state index is 6.31. The summed E-state index contributed by atoms with van der Waals surface area (Å²) in [5.74, 6) is 0. The maximum Gasteiger partial charge on any atom is 0.138 e. The van der Waals surface area contributed by atoms with Crippen LogP contribution in [0.15, 0.2) is 63.5 Å². The smallest absolute Gasteiger partial charge is 0.138 e. The Labute approximate surface area is 155 Å². The first kappa shape index (κ1) is 16.0. The second kappa shape index (κ2) is 6.71. The summed E-state index contributed by atoms with van der Waals surface area (Å²) in [4.78, 5) is 4.30. The molecule has 2 aromatic carbocycles. The van der Waals surface area contributed by atoms with Crippen LogP contribution in [0.3, 0.4) is 0 Å². The second-order valence-electron chi connectivity index (χ2n) is 4.62. The standard InChI is InChI=1S/C17H9Br2Cl2N/c18-14-7-3-1-5-10(14)12-9-13(17(21)22-16(12)20)11-6-2-4-8-15(11)19/h1-9H. The molecule has 0 fully saturated rings. The fourth-order valence-electron chi connectivity index (χ4n) is 2.21. The molecular weight excluding hydrogens is 449 g/mol. The Kier molecular flexibility index (Phi) is 4.88. The molecule has 0 radical (unpaired) electrons.